The molecule has 32 heavy (non-hydrogen) atoms. The maximum Gasteiger partial charge on any atom is 0.258 e. The summed E-state index contributed by atoms with van der Waals surface area (Å²) in [6.07, 6.45) is 0. The molecular formula is C23H23N3O4S2. The van der Waals surface area contributed by atoms with Crippen molar-refractivity contribution in [1.29, 1.82) is 0 Å². The quantitative estimate of drug-likeness (QED) is 0.497. The number of nitrogens with one attached hydrogen (secondary N) is 2. The van der Waals surface area contributed by atoms with Crippen molar-refractivity contribution in [2.75, 3.05) is 24.3 Å². The SMILES string of the molecule is CC(C)NC(=O)CSc1ccccc1C(=O)Nc1nc(-c2ccc3c(c2)OCCO3)cs1. The van der Waals surface area contributed by atoms with Gasteiger partial charge in [0.05, 0.1) is 17.0 Å². The van der Waals surface area contributed by atoms with Gasteiger partial charge in [-0.1, -0.05) is 12.1 Å². The van der Waals surface area contributed by atoms with Gasteiger partial charge in [0.2, 0.25) is 5.91 Å². The third kappa shape index (κ3) is 5.41. The fourth-order valence-electron chi connectivity index (χ4n) is 3.12. The lowest BCUT2D eigenvalue weighted by atomic mass is 10.1. The van der Waals surface area contributed by atoms with Crippen molar-refractivity contribution in [3.63, 3.8) is 0 Å². The average molecular weight is 470 g/mol. The van der Waals surface area contributed by atoms with Crippen molar-refractivity contribution in [3.05, 3.63) is 53.4 Å². The van der Waals surface area contributed by atoms with Crippen molar-refractivity contribution < 1.29 is 19.1 Å². The number of benzene rings is 2. The highest BCUT2D eigenvalue weighted by Crippen LogP contribution is 2.35. The molecule has 2 aromatic carbocycles. The number of thiazole rings is 1. The maximum absolute atomic E-state index is 12.9. The number of carbonyl (C=O) groups is 2. The summed E-state index contributed by atoms with van der Waals surface area (Å²) in [5, 5.41) is 8.11. The molecule has 4 rings (SSSR count). The molecule has 0 spiro atoms. The standard InChI is InChI=1S/C23H23N3O4S2/c1-14(2)24-21(27)13-31-20-6-4-3-5-16(20)22(28)26-23-25-17(12-32-23)15-7-8-18-19(11-15)30-10-9-29-18/h3-8,11-12,14H,9-10,13H2,1-2H3,(H,24,27)(H,25,26,28). The summed E-state index contributed by atoms with van der Waals surface area (Å²) in [7, 11) is 0. The fraction of sp³-hybridized carbons (Fsp3) is 0.261. The Balaban J connectivity index is 1.44. The Hall–Kier alpha value is -3.04. The lowest BCUT2D eigenvalue weighted by Crippen LogP contribution is -2.31. The number of rotatable bonds is 7. The fourth-order valence-corrected chi connectivity index (χ4v) is 4.69. The first-order valence-electron chi connectivity index (χ1n) is 10.2. The molecule has 2 heterocycles. The van der Waals surface area contributed by atoms with Crippen molar-refractivity contribution in [2.24, 2.45) is 0 Å². The first kappa shape index (κ1) is 22.2. The normalized spacial score (nSPS) is 12.5. The van der Waals surface area contributed by atoms with Crippen LogP contribution in [0.2, 0.25) is 0 Å². The van der Waals surface area contributed by atoms with E-state index < -0.39 is 0 Å². The van der Waals surface area contributed by atoms with Gasteiger partial charge in [0.25, 0.3) is 5.91 Å². The van der Waals surface area contributed by atoms with Gasteiger partial charge in [-0.3, -0.25) is 14.9 Å². The molecule has 0 radical (unpaired) electrons. The second-order valence-corrected chi connectivity index (χ2v) is 9.23. The number of thioether (sulfide) groups is 1. The third-order valence-corrected chi connectivity index (χ3v) is 6.33. The van der Waals surface area contributed by atoms with E-state index in [9.17, 15) is 9.59 Å². The first-order chi connectivity index (χ1) is 15.5. The summed E-state index contributed by atoms with van der Waals surface area (Å²) in [6, 6.07) is 13.0. The monoisotopic (exact) mass is 469 g/mol. The number of aromatic nitrogens is 1. The van der Waals surface area contributed by atoms with Crippen molar-refractivity contribution in [3.8, 4) is 22.8 Å². The van der Waals surface area contributed by atoms with E-state index in [1.54, 1.807) is 12.1 Å². The Kier molecular flexibility index (Phi) is 6.96. The Morgan fingerprint density at radius 1 is 1.12 bits per heavy atom. The Morgan fingerprint density at radius 2 is 1.91 bits per heavy atom. The minimum Gasteiger partial charge on any atom is -0.486 e. The van der Waals surface area contributed by atoms with E-state index in [0.29, 0.717) is 29.7 Å². The summed E-state index contributed by atoms with van der Waals surface area (Å²) in [5.74, 6) is 1.33. The number of amides is 2. The molecule has 0 saturated carbocycles. The smallest absolute Gasteiger partial charge is 0.258 e. The summed E-state index contributed by atoms with van der Waals surface area (Å²) >= 11 is 2.69. The second kappa shape index (κ2) is 10.1. The van der Waals surface area contributed by atoms with Crippen LogP contribution < -0.4 is 20.1 Å². The number of fused-ring (bicyclic) bond motifs is 1. The molecular weight excluding hydrogens is 446 g/mol. The topological polar surface area (TPSA) is 89.6 Å². The largest absolute Gasteiger partial charge is 0.486 e. The first-order valence-corrected chi connectivity index (χ1v) is 12.0. The molecule has 9 heteroatoms. The molecule has 1 aliphatic heterocycles. The van der Waals surface area contributed by atoms with Crippen LogP contribution >= 0.6 is 23.1 Å². The van der Waals surface area contributed by atoms with Gasteiger partial charge in [0.1, 0.15) is 13.2 Å². The number of anilines is 1. The van der Waals surface area contributed by atoms with E-state index in [1.165, 1.54) is 23.1 Å². The van der Waals surface area contributed by atoms with Gasteiger partial charge in [-0.15, -0.1) is 23.1 Å². The van der Waals surface area contributed by atoms with Crippen LogP contribution in [0.25, 0.3) is 11.3 Å². The maximum atomic E-state index is 12.9. The lowest BCUT2D eigenvalue weighted by Gasteiger charge is -2.18. The lowest BCUT2D eigenvalue weighted by molar-refractivity contribution is -0.119. The average Bonchev–Trinajstić information content (AvgIpc) is 3.25. The number of hydrogen-bond acceptors (Lipinski definition) is 7. The minimum absolute atomic E-state index is 0.0656. The van der Waals surface area contributed by atoms with Crippen LogP contribution in [0.5, 0.6) is 11.5 Å². The molecule has 0 atom stereocenters. The van der Waals surface area contributed by atoms with E-state index in [4.69, 9.17) is 9.47 Å². The van der Waals surface area contributed by atoms with Gasteiger partial charge in [-0.25, -0.2) is 4.98 Å². The van der Waals surface area contributed by atoms with Crippen LogP contribution in [-0.2, 0) is 4.79 Å². The molecule has 166 valence electrons. The van der Waals surface area contributed by atoms with Crippen molar-refractivity contribution >= 4 is 40.0 Å². The molecule has 7 nitrogen and oxygen atoms in total. The van der Waals surface area contributed by atoms with E-state index in [1.807, 2.05) is 49.6 Å². The number of hydrogen-bond donors (Lipinski definition) is 2. The van der Waals surface area contributed by atoms with Gasteiger partial charge >= 0.3 is 0 Å². The van der Waals surface area contributed by atoms with Crippen LogP contribution in [-0.4, -0.2) is 41.8 Å². The van der Waals surface area contributed by atoms with E-state index >= 15 is 0 Å². The summed E-state index contributed by atoms with van der Waals surface area (Å²) in [4.78, 5) is 30.2. The number of carbonyl (C=O) groups excluding carboxylic acids is 2. The molecule has 2 N–H and O–H groups in total. The highest BCUT2D eigenvalue weighted by molar-refractivity contribution is 8.00. The number of ether oxygens (including phenoxy) is 2. The molecule has 1 aromatic heterocycles. The van der Waals surface area contributed by atoms with Gasteiger partial charge in [0, 0.05) is 21.9 Å². The minimum atomic E-state index is -0.263. The van der Waals surface area contributed by atoms with Crippen LogP contribution in [0.1, 0.15) is 24.2 Å². The van der Waals surface area contributed by atoms with Gasteiger partial charge < -0.3 is 14.8 Å². The van der Waals surface area contributed by atoms with Crippen LogP contribution in [0.15, 0.2) is 52.7 Å². The Bertz CT molecular complexity index is 1130. The Morgan fingerprint density at radius 3 is 2.72 bits per heavy atom. The van der Waals surface area contributed by atoms with Gasteiger partial charge in [0.15, 0.2) is 16.6 Å². The molecule has 1 aliphatic rings. The van der Waals surface area contributed by atoms with E-state index in [2.05, 4.69) is 15.6 Å². The predicted octanol–water partition coefficient (Wildman–Crippen LogP) is 4.45. The van der Waals surface area contributed by atoms with Crippen LogP contribution in [0, 0.1) is 0 Å². The zero-order valence-corrected chi connectivity index (χ0v) is 19.3. The molecule has 3 aromatic rings. The van der Waals surface area contributed by atoms with Gasteiger partial charge in [-0.05, 0) is 44.2 Å². The summed E-state index contributed by atoms with van der Waals surface area (Å²) in [5.41, 5.74) is 2.14. The second-order valence-electron chi connectivity index (χ2n) is 7.36. The van der Waals surface area contributed by atoms with Crippen LogP contribution in [0.4, 0.5) is 5.13 Å². The molecule has 2 amide bonds. The highest BCUT2D eigenvalue weighted by Gasteiger charge is 2.17. The number of nitrogens with zero attached hydrogens (tertiary/aromatic N) is 1. The third-order valence-electron chi connectivity index (χ3n) is 4.50. The zero-order valence-electron chi connectivity index (χ0n) is 17.7. The molecule has 0 bridgehead atoms. The molecule has 0 saturated heterocycles. The zero-order chi connectivity index (χ0) is 22.5. The van der Waals surface area contributed by atoms with Crippen LogP contribution in [0.3, 0.4) is 0 Å². The molecule has 0 aliphatic carbocycles. The molecule has 0 unspecified atom stereocenters. The van der Waals surface area contributed by atoms with Crippen molar-refractivity contribution in [2.45, 2.75) is 24.8 Å². The predicted molar refractivity (Wildman–Crippen MR) is 127 cm³/mol. The highest BCUT2D eigenvalue weighted by atomic mass is 32.2. The molecule has 0 fully saturated rings. The van der Waals surface area contributed by atoms with Gasteiger partial charge in [-0.2, -0.15) is 0 Å². The van der Waals surface area contributed by atoms with Crippen molar-refractivity contribution in [1.82, 2.24) is 10.3 Å². The van der Waals surface area contributed by atoms with E-state index in [-0.39, 0.29) is 23.6 Å². The Labute approximate surface area is 194 Å². The van der Waals surface area contributed by atoms with E-state index in [0.717, 1.165) is 21.9 Å². The summed E-state index contributed by atoms with van der Waals surface area (Å²) < 4.78 is 11.2. The summed E-state index contributed by atoms with van der Waals surface area (Å²) in [6.45, 7) is 4.89.